The van der Waals surface area contributed by atoms with Crippen LogP contribution in [0.3, 0.4) is 0 Å². The van der Waals surface area contributed by atoms with E-state index < -0.39 is 12.0 Å². The summed E-state index contributed by atoms with van der Waals surface area (Å²) in [5.74, 6) is -0.153. The molecule has 2 aromatic carbocycles. The minimum atomic E-state index is -0.783. The molecule has 0 aromatic heterocycles. The first-order chi connectivity index (χ1) is 11.0. The van der Waals surface area contributed by atoms with Crippen molar-refractivity contribution < 1.29 is 14.3 Å². The van der Waals surface area contributed by atoms with Crippen LogP contribution in [0, 0.1) is 6.92 Å². The highest BCUT2D eigenvalue weighted by Gasteiger charge is 2.13. The van der Waals surface area contributed by atoms with Gasteiger partial charge in [0, 0.05) is 10.0 Å². The summed E-state index contributed by atoms with van der Waals surface area (Å²) in [6.07, 6.45) is 1.34. The van der Waals surface area contributed by atoms with E-state index in [1.165, 1.54) is 6.21 Å². The van der Waals surface area contributed by atoms with Crippen molar-refractivity contribution in [1.29, 1.82) is 0 Å². The molecule has 2 aromatic rings. The van der Waals surface area contributed by atoms with Crippen molar-refractivity contribution in [2.24, 2.45) is 10.8 Å². The monoisotopic (exact) mass is 375 g/mol. The molecule has 0 spiro atoms. The second-order valence-electron chi connectivity index (χ2n) is 4.62. The molecule has 0 fully saturated rings. The van der Waals surface area contributed by atoms with Crippen LogP contribution in [0.4, 0.5) is 4.79 Å². The van der Waals surface area contributed by atoms with Gasteiger partial charge in [0.2, 0.25) is 0 Å². The van der Waals surface area contributed by atoms with E-state index in [4.69, 9.17) is 10.5 Å². The summed E-state index contributed by atoms with van der Waals surface area (Å²) >= 11 is 3.33. The average Bonchev–Trinajstić information content (AvgIpc) is 2.50. The lowest BCUT2D eigenvalue weighted by Crippen LogP contribution is -2.24. The number of nitrogens with two attached hydrogens (primary N) is 1. The van der Waals surface area contributed by atoms with Crippen LogP contribution in [0.25, 0.3) is 0 Å². The Hall–Kier alpha value is -2.67. The van der Waals surface area contributed by atoms with Gasteiger partial charge in [0.25, 0.3) is 0 Å². The number of primary amides is 1. The molecule has 0 bridgehead atoms. The highest BCUT2D eigenvalue weighted by molar-refractivity contribution is 9.10. The molecule has 0 atom stereocenters. The van der Waals surface area contributed by atoms with Crippen LogP contribution in [0.15, 0.2) is 52.0 Å². The van der Waals surface area contributed by atoms with Crippen LogP contribution in [0.2, 0.25) is 0 Å². The van der Waals surface area contributed by atoms with Crippen LogP contribution in [-0.2, 0) is 0 Å². The highest BCUT2D eigenvalue weighted by Crippen LogP contribution is 2.23. The van der Waals surface area contributed by atoms with Crippen molar-refractivity contribution in [3.63, 3.8) is 0 Å². The Morgan fingerprint density at radius 1 is 1.26 bits per heavy atom. The fourth-order valence-corrected chi connectivity index (χ4v) is 2.21. The van der Waals surface area contributed by atoms with Gasteiger partial charge in [-0.15, -0.1) is 0 Å². The number of amides is 2. The molecule has 23 heavy (non-hydrogen) atoms. The maximum absolute atomic E-state index is 12.3. The Bertz CT molecular complexity index is 775. The number of benzene rings is 2. The highest BCUT2D eigenvalue weighted by atomic mass is 79.9. The zero-order valence-corrected chi connectivity index (χ0v) is 13.8. The number of hydrogen-bond acceptors (Lipinski definition) is 4. The fourth-order valence-electron chi connectivity index (χ4n) is 1.84. The second kappa shape index (κ2) is 7.55. The molecular weight excluding hydrogens is 362 g/mol. The number of hydrazone groups is 1. The fraction of sp³-hybridized carbons (Fsp3) is 0.0625. The summed E-state index contributed by atoms with van der Waals surface area (Å²) in [7, 11) is 0. The predicted octanol–water partition coefficient (Wildman–Crippen LogP) is 2.98. The predicted molar refractivity (Wildman–Crippen MR) is 90.6 cm³/mol. The molecule has 0 unspecified atom stereocenters. The number of urea groups is 1. The van der Waals surface area contributed by atoms with E-state index in [-0.39, 0.29) is 0 Å². The second-order valence-corrected chi connectivity index (χ2v) is 5.54. The van der Waals surface area contributed by atoms with Crippen molar-refractivity contribution >= 4 is 34.1 Å². The summed E-state index contributed by atoms with van der Waals surface area (Å²) in [4.78, 5) is 22.9. The molecule has 3 N–H and O–H groups in total. The van der Waals surface area contributed by atoms with E-state index in [9.17, 15) is 9.59 Å². The molecule has 0 saturated carbocycles. The number of rotatable bonds is 4. The molecule has 2 amide bonds. The van der Waals surface area contributed by atoms with Crippen LogP contribution < -0.4 is 15.9 Å². The Labute approximate surface area is 141 Å². The zero-order chi connectivity index (χ0) is 16.8. The number of nitrogens with one attached hydrogen (secondary N) is 1. The van der Waals surface area contributed by atoms with E-state index in [0.717, 1.165) is 10.0 Å². The Balaban J connectivity index is 2.25. The summed E-state index contributed by atoms with van der Waals surface area (Å²) < 4.78 is 6.20. The number of aryl methyl sites for hydroxylation is 1. The van der Waals surface area contributed by atoms with Crippen molar-refractivity contribution in [3.8, 4) is 5.75 Å². The number of carbonyl (C=O) groups is 2. The third-order valence-electron chi connectivity index (χ3n) is 2.92. The summed E-state index contributed by atoms with van der Waals surface area (Å²) in [5, 5.41) is 3.68. The first-order valence-electron chi connectivity index (χ1n) is 6.63. The number of ether oxygens (including phenoxy) is 1. The van der Waals surface area contributed by atoms with Gasteiger partial charge in [-0.1, -0.05) is 34.1 Å². The quantitative estimate of drug-likeness (QED) is 0.372. The number of carbonyl (C=O) groups excluding carboxylic acids is 2. The van der Waals surface area contributed by atoms with Crippen molar-refractivity contribution in [2.75, 3.05) is 0 Å². The Morgan fingerprint density at radius 2 is 2.00 bits per heavy atom. The molecule has 7 heteroatoms. The number of esters is 1. The molecular formula is C16H14BrN3O3. The number of nitrogens with zero attached hydrogens (tertiary/aromatic N) is 1. The molecule has 0 aliphatic heterocycles. The number of halogens is 1. The molecule has 2 rings (SSSR count). The Kier molecular flexibility index (Phi) is 5.48. The van der Waals surface area contributed by atoms with Crippen LogP contribution in [0.5, 0.6) is 5.75 Å². The lowest BCUT2D eigenvalue weighted by atomic mass is 10.1. The summed E-state index contributed by atoms with van der Waals surface area (Å²) in [6.45, 7) is 1.83. The maximum atomic E-state index is 12.3. The van der Waals surface area contributed by atoms with Gasteiger partial charge in [-0.2, -0.15) is 5.10 Å². The number of hydrogen-bond donors (Lipinski definition) is 2. The molecule has 6 nitrogen and oxygen atoms in total. The third-order valence-corrected chi connectivity index (χ3v) is 3.41. The zero-order valence-electron chi connectivity index (χ0n) is 12.2. The SMILES string of the molecule is Cc1ccccc1C(=O)Oc1ccc(Br)cc1C=NNC(N)=O. The standard InChI is InChI=1S/C16H14BrN3O3/c1-10-4-2-3-5-13(10)15(21)23-14-7-6-12(17)8-11(14)9-19-20-16(18)22/h2-9H,1H3,(H3,18,20,22). The van der Waals surface area contributed by atoms with E-state index in [1.54, 1.807) is 30.3 Å². The van der Waals surface area contributed by atoms with Crippen molar-refractivity contribution in [3.05, 3.63) is 63.6 Å². The molecule has 0 saturated heterocycles. The largest absolute Gasteiger partial charge is 0.422 e. The average molecular weight is 376 g/mol. The smallest absolute Gasteiger partial charge is 0.343 e. The normalized spacial score (nSPS) is 10.5. The van der Waals surface area contributed by atoms with Gasteiger partial charge in [0.15, 0.2) is 0 Å². The first kappa shape index (κ1) is 16.7. The van der Waals surface area contributed by atoms with E-state index in [2.05, 4.69) is 26.5 Å². The van der Waals surface area contributed by atoms with Gasteiger partial charge >= 0.3 is 12.0 Å². The topological polar surface area (TPSA) is 93.8 Å². The first-order valence-corrected chi connectivity index (χ1v) is 7.42. The van der Waals surface area contributed by atoms with E-state index >= 15 is 0 Å². The van der Waals surface area contributed by atoms with Crippen molar-refractivity contribution in [1.82, 2.24) is 5.43 Å². The van der Waals surface area contributed by atoms with Gasteiger partial charge in [-0.05, 0) is 36.8 Å². The maximum Gasteiger partial charge on any atom is 0.343 e. The molecule has 0 aliphatic carbocycles. The minimum Gasteiger partial charge on any atom is -0.422 e. The van der Waals surface area contributed by atoms with Gasteiger partial charge < -0.3 is 10.5 Å². The summed E-state index contributed by atoms with van der Waals surface area (Å²) in [5.41, 5.74) is 8.84. The summed E-state index contributed by atoms with van der Waals surface area (Å²) in [6, 6.07) is 11.4. The molecule has 0 heterocycles. The molecule has 0 radical (unpaired) electrons. The van der Waals surface area contributed by atoms with Crippen LogP contribution in [-0.4, -0.2) is 18.2 Å². The lowest BCUT2D eigenvalue weighted by molar-refractivity contribution is 0.0733. The van der Waals surface area contributed by atoms with Gasteiger partial charge in [0.1, 0.15) is 5.75 Å². The minimum absolute atomic E-state index is 0.316. The van der Waals surface area contributed by atoms with Gasteiger partial charge in [-0.25, -0.2) is 15.0 Å². The van der Waals surface area contributed by atoms with Gasteiger partial charge in [-0.3, -0.25) is 0 Å². The Morgan fingerprint density at radius 3 is 2.70 bits per heavy atom. The van der Waals surface area contributed by atoms with Crippen molar-refractivity contribution in [2.45, 2.75) is 6.92 Å². The third kappa shape index (κ3) is 4.65. The molecule has 118 valence electrons. The van der Waals surface area contributed by atoms with E-state index in [0.29, 0.717) is 16.9 Å². The molecule has 0 aliphatic rings. The lowest BCUT2D eigenvalue weighted by Gasteiger charge is -2.09. The van der Waals surface area contributed by atoms with Gasteiger partial charge in [0.05, 0.1) is 11.8 Å². The van der Waals surface area contributed by atoms with Crippen LogP contribution >= 0.6 is 15.9 Å². The van der Waals surface area contributed by atoms with E-state index in [1.807, 2.05) is 19.1 Å². The van der Waals surface area contributed by atoms with Crippen LogP contribution in [0.1, 0.15) is 21.5 Å².